The molecule has 1 N–H and O–H groups in total. The Morgan fingerprint density at radius 1 is 1.21 bits per heavy atom. The molecule has 0 aliphatic carbocycles. The zero-order chi connectivity index (χ0) is 18.5. The van der Waals surface area contributed by atoms with Crippen LogP contribution in [0, 0.1) is 6.92 Å². The van der Waals surface area contributed by atoms with Crippen molar-refractivity contribution in [1.29, 1.82) is 0 Å². The number of allylic oxidation sites excluding steroid dienone is 1. The summed E-state index contributed by atoms with van der Waals surface area (Å²) in [7, 11) is 1.42. The van der Waals surface area contributed by atoms with Crippen LogP contribution in [0.1, 0.15) is 68.1 Å². The average molecular weight is 332 g/mol. The molecule has 0 radical (unpaired) electrons. The Morgan fingerprint density at radius 2 is 1.88 bits per heavy atom. The lowest BCUT2D eigenvalue weighted by Gasteiger charge is -2.17. The summed E-state index contributed by atoms with van der Waals surface area (Å²) in [6.45, 7) is 13.9. The number of hydrogen-bond acceptors (Lipinski definition) is 3. The van der Waals surface area contributed by atoms with Gasteiger partial charge in [-0.3, -0.25) is 0 Å². The Labute approximate surface area is 147 Å². The molecular weight excluding hydrogens is 298 g/mol. The van der Waals surface area contributed by atoms with Gasteiger partial charge in [0, 0.05) is 6.54 Å². The Morgan fingerprint density at radius 3 is 2.38 bits per heavy atom. The van der Waals surface area contributed by atoms with Crippen LogP contribution in [0.5, 0.6) is 0 Å². The molecule has 0 amide bonds. The average Bonchev–Trinajstić information content (AvgIpc) is 2.66. The lowest BCUT2D eigenvalue weighted by atomic mass is 9.92. The molecule has 2 rings (SSSR count). The third kappa shape index (κ3) is 5.97. The standard InChI is InChI=1S/C17H21NO2.2C2H6/c1-4-5-15-12(2)10-14(11-16(15)17(19)20-3)13-6-8-18-9-7-13;2*1-2/h4-6,10-11,18H,7-9H2,1-3H3;2*1-2H3/b5-4-;;. The molecule has 134 valence electrons. The summed E-state index contributed by atoms with van der Waals surface area (Å²) in [6.07, 6.45) is 7.08. The van der Waals surface area contributed by atoms with E-state index in [1.165, 1.54) is 12.7 Å². The number of benzene rings is 1. The molecule has 1 aromatic rings. The predicted molar refractivity (Wildman–Crippen MR) is 105 cm³/mol. The SMILES string of the molecule is C/C=C\c1c(C)cc(C2=CCNCC2)cc1C(=O)OC.CC.CC. The fourth-order valence-corrected chi connectivity index (χ4v) is 2.54. The van der Waals surface area contributed by atoms with E-state index in [0.717, 1.165) is 36.2 Å². The third-order valence-electron chi connectivity index (χ3n) is 3.56. The number of methoxy groups -OCH3 is 1. The highest BCUT2D eigenvalue weighted by Gasteiger charge is 2.16. The smallest absolute Gasteiger partial charge is 0.338 e. The minimum Gasteiger partial charge on any atom is -0.465 e. The number of aryl methyl sites for hydroxylation is 1. The van der Waals surface area contributed by atoms with Crippen LogP contribution in [0.4, 0.5) is 0 Å². The number of carbonyl (C=O) groups excluding carboxylic acids is 1. The van der Waals surface area contributed by atoms with Gasteiger partial charge in [0.2, 0.25) is 0 Å². The number of carbonyl (C=O) groups is 1. The van der Waals surface area contributed by atoms with Gasteiger partial charge >= 0.3 is 5.97 Å². The van der Waals surface area contributed by atoms with Gasteiger partial charge in [0.05, 0.1) is 12.7 Å². The summed E-state index contributed by atoms with van der Waals surface area (Å²) < 4.78 is 4.92. The number of ether oxygens (including phenoxy) is 1. The molecule has 0 bridgehead atoms. The lowest BCUT2D eigenvalue weighted by molar-refractivity contribution is 0.0600. The first-order chi connectivity index (χ1) is 11.7. The fraction of sp³-hybridized carbons (Fsp3) is 0.476. The van der Waals surface area contributed by atoms with Gasteiger partial charge in [0.1, 0.15) is 0 Å². The van der Waals surface area contributed by atoms with E-state index in [4.69, 9.17) is 4.74 Å². The topological polar surface area (TPSA) is 38.3 Å². The van der Waals surface area contributed by atoms with E-state index in [2.05, 4.69) is 17.5 Å². The van der Waals surface area contributed by atoms with E-state index in [0.29, 0.717) is 5.56 Å². The Hall–Kier alpha value is -1.87. The number of esters is 1. The molecule has 0 saturated heterocycles. The highest BCUT2D eigenvalue weighted by Crippen LogP contribution is 2.26. The van der Waals surface area contributed by atoms with Gasteiger partial charge in [-0.15, -0.1) is 0 Å². The fourth-order valence-electron chi connectivity index (χ4n) is 2.54. The van der Waals surface area contributed by atoms with Crippen molar-refractivity contribution in [3.8, 4) is 0 Å². The van der Waals surface area contributed by atoms with Crippen molar-refractivity contribution in [2.24, 2.45) is 0 Å². The van der Waals surface area contributed by atoms with Crippen molar-refractivity contribution in [2.45, 2.75) is 48.0 Å². The molecule has 1 aliphatic rings. The summed E-state index contributed by atoms with van der Waals surface area (Å²) in [5, 5.41) is 3.30. The summed E-state index contributed by atoms with van der Waals surface area (Å²) in [5.41, 5.74) is 5.10. The quantitative estimate of drug-likeness (QED) is 0.769. The zero-order valence-corrected chi connectivity index (χ0v) is 16.3. The van der Waals surface area contributed by atoms with Crippen molar-refractivity contribution in [2.75, 3.05) is 20.2 Å². The second-order valence-corrected chi connectivity index (χ2v) is 4.93. The van der Waals surface area contributed by atoms with Crippen LogP contribution >= 0.6 is 0 Å². The largest absolute Gasteiger partial charge is 0.465 e. The lowest BCUT2D eigenvalue weighted by Crippen LogP contribution is -2.20. The van der Waals surface area contributed by atoms with Gasteiger partial charge < -0.3 is 10.1 Å². The summed E-state index contributed by atoms with van der Waals surface area (Å²) in [4.78, 5) is 12.0. The molecule has 1 heterocycles. The van der Waals surface area contributed by atoms with Crippen LogP contribution in [0.25, 0.3) is 11.6 Å². The molecule has 3 heteroatoms. The summed E-state index contributed by atoms with van der Waals surface area (Å²) >= 11 is 0. The minimum atomic E-state index is -0.280. The van der Waals surface area contributed by atoms with Crippen molar-refractivity contribution in [1.82, 2.24) is 5.32 Å². The number of nitrogens with one attached hydrogen (secondary N) is 1. The van der Waals surface area contributed by atoms with Crippen LogP contribution in [-0.2, 0) is 4.74 Å². The molecule has 1 aliphatic heterocycles. The Bertz CT molecular complexity index is 571. The number of rotatable bonds is 3. The minimum absolute atomic E-state index is 0.280. The first-order valence-corrected chi connectivity index (χ1v) is 8.93. The first kappa shape index (κ1) is 22.1. The molecular formula is C21H33NO2. The molecule has 0 saturated carbocycles. The molecule has 0 fully saturated rings. The summed E-state index contributed by atoms with van der Waals surface area (Å²) in [5.74, 6) is -0.280. The van der Waals surface area contributed by atoms with Gasteiger partial charge in [-0.25, -0.2) is 4.79 Å². The van der Waals surface area contributed by atoms with E-state index in [1.807, 2.05) is 59.8 Å². The monoisotopic (exact) mass is 331 g/mol. The molecule has 0 unspecified atom stereocenters. The van der Waals surface area contributed by atoms with Crippen molar-refractivity contribution in [3.05, 3.63) is 46.5 Å². The van der Waals surface area contributed by atoms with Gasteiger partial charge in [0.15, 0.2) is 0 Å². The van der Waals surface area contributed by atoms with Crippen LogP contribution in [0.15, 0.2) is 24.3 Å². The van der Waals surface area contributed by atoms with Crippen LogP contribution < -0.4 is 5.32 Å². The van der Waals surface area contributed by atoms with Crippen molar-refractivity contribution in [3.63, 3.8) is 0 Å². The second kappa shape index (κ2) is 12.5. The third-order valence-corrected chi connectivity index (χ3v) is 3.56. The highest BCUT2D eigenvalue weighted by molar-refractivity contribution is 5.95. The maximum absolute atomic E-state index is 12.0. The highest BCUT2D eigenvalue weighted by atomic mass is 16.5. The normalized spacial score (nSPS) is 13.2. The van der Waals surface area contributed by atoms with E-state index in [9.17, 15) is 4.79 Å². The summed E-state index contributed by atoms with van der Waals surface area (Å²) in [6, 6.07) is 4.10. The van der Waals surface area contributed by atoms with Gasteiger partial charge in [-0.2, -0.15) is 0 Å². The van der Waals surface area contributed by atoms with Crippen molar-refractivity contribution < 1.29 is 9.53 Å². The van der Waals surface area contributed by atoms with E-state index in [-0.39, 0.29) is 5.97 Å². The van der Waals surface area contributed by atoms with Gasteiger partial charge in [-0.05, 0) is 55.1 Å². The number of hydrogen-bond donors (Lipinski definition) is 1. The molecule has 0 aromatic heterocycles. The van der Waals surface area contributed by atoms with E-state index < -0.39 is 0 Å². The Kier molecular flexibility index (Phi) is 11.6. The Balaban J connectivity index is 0.00000123. The van der Waals surface area contributed by atoms with Gasteiger partial charge in [0.25, 0.3) is 0 Å². The van der Waals surface area contributed by atoms with Crippen LogP contribution in [0.3, 0.4) is 0 Å². The molecule has 0 atom stereocenters. The molecule has 0 spiro atoms. The molecule has 1 aromatic carbocycles. The maximum Gasteiger partial charge on any atom is 0.338 e. The molecule has 24 heavy (non-hydrogen) atoms. The predicted octanol–water partition coefficient (Wildman–Crippen LogP) is 5.24. The van der Waals surface area contributed by atoms with E-state index >= 15 is 0 Å². The van der Waals surface area contributed by atoms with Crippen molar-refractivity contribution >= 4 is 17.6 Å². The van der Waals surface area contributed by atoms with Crippen LogP contribution in [-0.4, -0.2) is 26.2 Å². The van der Waals surface area contributed by atoms with E-state index in [1.54, 1.807) is 0 Å². The van der Waals surface area contributed by atoms with Crippen LogP contribution in [0.2, 0.25) is 0 Å². The van der Waals surface area contributed by atoms with Gasteiger partial charge in [-0.1, -0.05) is 52.0 Å². The maximum atomic E-state index is 12.0. The zero-order valence-electron chi connectivity index (χ0n) is 16.3. The second-order valence-electron chi connectivity index (χ2n) is 4.93. The first-order valence-electron chi connectivity index (χ1n) is 8.93. The molecule has 3 nitrogen and oxygen atoms in total.